The average molecular weight is 483 g/mol. The van der Waals surface area contributed by atoms with Crippen molar-refractivity contribution in [3.05, 3.63) is 64.0 Å². The third-order valence-electron chi connectivity index (χ3n) is 10.7. The lowest BCUT2D eigenvalue weighted by atomic mass is 8.92. The van der Waals surface area contributed by atoms with Gasteiger partial charge in [-0.25, -0.2) is 14.3 Å². The van der Waals surface area contributed by atoms with E-state index in [1.165, 1.54) is 10.6 Å². The molecule has 0 saturated heterocycles. The number of oxazole rings is 1. The van der Waals surface area contributed by atoms with Crippen LogP contribution in [0.2, 0.25) is 0 Å². The lowest BCUT2D eigenvalue weighted by Crippen LogP contribution is -3.10. The van der Waals surface area contributed by atoms with Crippen molar-refractivity contribution in [1.29, 1.82) is 0 Å². The van der Waals surface area contributed by atoms with Crippen molar-refractivity contribution in [1.82, 2.24) is 30.2 Å². The number of carbonyl (C=O) groups is 2. The molecule has 3 heterocycles. The lowest BCUT2D eigenvalue weighted by molar-refractivity contribution is -0.651. The first-order valence-electron chi connectivity index (χ1n) is 12.5. The van der Waals surface area contributed by atoms with Gasteiger partial charge in [-0.15, -0.1) is 0 Å². The van der Waals surface area contributed by atoms with Gasteiger partial charge in [-0.2, -0.15) is 5.10 Å². The van der Waals surface area contributed by atoms with E-state index in [4.69, 9.17) is 4.42 Å². The number of carbonyl (C=O) groups excluding carboxylic acids is 2. The van der Waals surface area contributed by atoms with Gasteiger partial charge in [0.25, 0.3) is 11.8 Å². The smallest absolute Gasteiger partial charge is 0.408 e. The zero-order chi connectivity index (χ0) is 24.1. The third kappa shape index (κ3) is 1.82. The van der Waals surface area contributed by atoms with Gasteiger partial charge in [0.1, 0.15) is 11.4 Å². The molecule has 10 rings (SSSR count). The van der Waals surface area contributed by atoms with Crippen LogP contribution in [0.1, 0.15) is 33.5 Å². The van der Waals surface area contributed by atoms with E-state index < -0.39 is 11.7 Å². The Hall–Kier alpha value is -3.95. The predicted octanol–water partition coefficient (Wildman–Crippen LogP) is 1.58. The molecule has 6 saturated carbocycles. The standard InChI is InChI=1S/C26H22N6O4/c1-25-16-19-17(25)21-18(25)20(16)26(19,21)9-28-23(34)13-7-12(30-15-4-5-29-32(13)15)22(33)27-8-10-2-3-14-11(6-10)31-24(35)36-14/h2-7,16-21H,8-9H2,1H3,(H,27,33)(H,28,34)(H,31,35). The van der Waals surface area contributed by atoms with Gasteiger partial charge in [0, 0.05) is 25.2 Å². The van der Waals surface area contributed by atoms with E-state index in [9.17, 15) is 14.4 Å². The fraction of sp³-hybridized carbons (Fsp3) is 0.423. The molecular weight excluding hydrogens is 460 g/mol. The summed E-state index contributed by atoms with van der Waals surface area (Å²) in [7, 11) is 0. The molecule has 2 amide bonds. The van der Waals surface area contributed by atoms with Crippen LogP contribution in [0.3, 0.4) is 0 Å². The van der Waals surface area contributed by atoms with Crippen LogP contribution >= 0.6 is 0 Å². The summed E-state index contributed by atoms with van der Waals surface area (Å²) in [5.41, 5.74) is 3.71. The van der Waals surface area contributed by atoms with E-state index in [2.05, 4.69) is 32.6 Å². The van der Waals surface area contributed by atoms with E-state index in [0.29, 0.717) is 33.3 Å². The molecule has 3 aromatic heterocycles. The summed E-state index contributed by atoms with van der Waals surface area (Å²) >= 11 is 0. The molecule has 3 N–H and O–H groups in total. The first-order chi connectivity index (χ1) is 17.4. The second-order valence-electron chi connectivity index (χ2n) is 11.5. The molecule has 6 aliphatic rings. The van der Waals surface area contributed by atoms with E-state index in [1.54, 1.807) is 30.5 Å². The summed E-state index contributed by atoms with van der Waals surface area (Å²) < 4.78 is 6.50. The molecule has 0 aliphatic heterocycles. The lowest BCUT2D eigenvalue weighted by Gasteiger charge is -3.11. The normalized spacial score (nSPS) is 37.2. The van der Waals surface area contributed by atoms with Crippen LogP contribution in [0.5, 0.6) is 0 Å². The van der Waals surface area contributed by atoms with Gasteiger partial charge in [-0.05, 0) is 64.0 Å². The number of H-pyrrole nitrogens is 1. The Balaban J connectivity index is 0.936. The summed E-state index contributed by atoms with van der Waals surface area (Å²) in [6.07, 6.45) is 1.57. The van der Waals surface area contributed by atoms with Crippen molar-refractivity contribution < 1.29 is 14.0 Å². The molecular formula is C26H22N6O4. The number of nitrogens with zero attached hydrogens (tertiary/aromatic N) is 3. The van der Waals surface area contributed by atoms with Crippen molar-refractivity contribution in [3.63, 3.8) is 0 Å². The summed E-state index contributed by atoms with van der Waals surface area (Å²) in [5.74, 6) is 4.07. The highest BCUT2D eigenvalue weighted by molar-refractivity contribution is 5.98. The Morgan fingerprint density at radius 2 is 1.83 bits per heavy atom. The largest absolute Gasteiger partial charge is 0.417 e. The Bertz CT molecular complexity index is 1690. The van der Waals surface area contributed by atoms with Crippen LogP contribution in [0.4, 0.5) is 0 Å². The molecule has 1 aromatic carbocycles. The van der Waals surface area contributed by atoms with E-state index in [1.807, 2.05) is 0 Å². The van der Waals surface area contributed by atoms with Crippen LogP contribution in [-0.2, 0) is 6.54 Å². The highest BCUT2D eigenvalue weighted by Crippen LogP contribution is 3.10. The van der Waals surface area contributed by atoms with Crippen molar-refractivity contribution in [3.8, 4) is 0 Å². The van der Waals surface area contributed by atoms with Gasteiger partial charge in [0.05, 0.1) is 11.7 Å². The molecule has 0 atom stereocenters. The highest BCUT2D eigenvalue weighted by atomic mass is 16.4. The highest BCUT2D eigenvalue weighted by Gasteiger charge is 3.08. The van der Waals surface area contributed by atoms with Crippen LogP contribution in [0.25, 0.3) is 16.7 Å². The maximum atomic E-state index is 13.3. The van der Waals surface area contributed by atoms with Crippen molar-refractivity contribution in [2.75, 3.05) is 6.54 Å². The van der Waals surface area contributed by atoms with Gasteiger partial charge in [0.15, 0.2) is 11.2 Å². The summed E-state index contributed by atoms with van der Waals surface area (Å²) in [4.78, 5) is 44.6. The Morgan fingerprint density at radius 3 is 2.61 bits per heavy atom. The van der Waals surface area contributed by atoms with Crippen LogP contribution in [-0.4, -0.2) is 37.9 Å². The number of aromatic amines is 1. The number of fused-ring (bicyclic) bond motifs is 2. The van der Waals surface area contributed by atoms with Gasteiger partial charge in [-0.1, -0.05) is 13.0 Å². The zero-order valence-corrected chi connectivity index (χ0v) is 19.3. The maximum absolute atomic E-state index is 13.3. The number of hydrogen-bond acceptors (Lipinski definition) is 6. The Labute approximate surface area is 203 Å². The van der Waals surface area contributed by atoms with E-state index in [0.717, 1.165) is 47.6 Å². The van der Waals surface area contributed by atoms with Crippen molar-refractivity contribution in [2.45, 2.75) is 13.5 Å². The average Bonchev–Trinajstić information content (AvgIpc) is 3.51. The molecule has 0 unspecified atom stereocenters. The van der Waals surface area contributed by atoms with Crippen molar-refractivity contribution in [2.24, 2.45) is 46.3 Å². The summed E-state index contributed by atoms with van der Waals surface area (Å²) in [6, 6.07) is 8.38. The van der Waals surface area contributed by atoms with Crippen molar-refractivity contribution >= 4 is 28.6 Å². The minimum absolute atomic E-state index is 0.148. The number of rotatable bonds is 6. The van der Waals surface area contributed by atoms with Crippen LogP contribution < -0.4 is 16.4 Å². The number of hydrogen-bond donors (Lipinski definition) is 3. The first kappa shape index (κ1) is 19.3. The summed E-state index contributed by atoms with van der Waals surface area (Å²) in [5, 5.41) is 10.3. The molecule has 0 bridgehead atoms. The molecule has 6 aliphatic carbocycles. The minimum atomic E-state index is -0.524. The van der Waals surface area contributed by atoms with Crippen LogP contribution in [0.15, 0.2) is 45.7 Å². The number of benzene rings is 1. The second kappa shape index (κ2) is 5.71. The number of aromatic nitrogens is 4. The van der Waals surface area contributed by atoms with Gasteiger partial charge in [-0.3, -0.25) is 14.6 Å². The molecule has 0 radical (unpaired) electrons. The zero-order valence-electron chi connectivity index (χ0n) is 19.3. The first-order valence-corrected chi connectivity index (χ1v) is 12.5. The molecule has 180 valence electrons. The second-order valence-corrected chi connectivity index (χ2v) is 11.5. The minimum Gasteiger partial charge on any atom is -0.408 e. The molecule has 10 heteroatoms. The third-order valence-corrected chi connectivity index (χ3v) is 10.7. The molecule has 4 aromatic rings. The SMILES string of the molecule is CC12C3C4C1C1C2C3C41CNC(=O)c1cc(C(=O)NCc2ccc3oc(=O)[nH]c3c2)nc2ccnn12. The Kier molecular flexibility index (Phi) is 3.06. The fourth-order valence-electron chi connectivity index (χ4n) is 9.54. The molecule has 10 nitrogen and oxygen atoms in total. The van der Waals surface area contributed by atoms with Gasteiger partial charge >= 0.3 is 5.76 Å². The number of amides is 2. The van der Waals surface area contributed by atoms with E-state index in [-0.39, 0.29) is 18.1 Å². The topological polar surface area (TPSA) is 134 Å². The fourth-order valence-corrected chi connectivity index (χ4v) is 9.54. The maximum Gasteiger partial charge on any atom is 0.417 e. The molecule has 0 spiro atoms. The molecule has 6 fully saturated rings. The summed E-state index contributed by atoms with van der Waals surface area (Å²) in [6.45, 7) is 3.41. The van der Waals surface area contributed by atoms with Gasteiger partial charge in [0.2, 0.25) is 0 Å². The van der Waals surface area contributed by atoms with E-state index >= 15 is 0 Å². The quantitative estimate of drug-likeness (QED) is 0.382. The number of nitrogens with one attached hydrogen (secondary N) is 3. The monoisotopic (exact) mass is 482 g/mol. The Morgan fingerprint density at radius 1 is 1.06 bits per heavy atom. The predicted molar refractivity (Wildman–Crippen MR) is 125 cm³/mol. The van der Waals surface area contributed by atoms with Gasteiger partial charge < -0.3 is 15.1 Å². The van der Waals surface area contributed by atoms with Crippen LogP contribution in [0, 0.1) is 46.3 Å². The molecule has 36 heavy (non-hydrogen) atoms.